The molecule has 0 spiro atoms. The molecule has 0 aromatic heterocycles. The molecular formula is C16H23FN2O3S. The highest BCUT2D eigenvalue weighted by atomic mass is 32.2. The van der Waals surface area contributed by atoms with Crippen molar-refractivity contribution >= 4 is 22.5 Å². The maximum atomic E-state index is 13.8. The molecule has 0 aliphatic heterocycles. The molecule has 7 heteroatoms. The Hall–Kier alpha value is -1.47. The maximum Gasteiger partial charge on any atom is 0.321 e. The Bertz CT molecular complexity index is 589. The van der Waals surface area contributed by atoms with Gasteiger partial charge in [-0.2, -0.15) is 0 Å². The van der Waals surface area contributed by atoms with Crippen LogP contribution in [0.2, 0.25) is 0 Å². The molecule has 1 aliphatic carbocycles. The number of hydrogen-bond acceptors (Lipinski definition) is 3. The molecule has 1 unspecified atom stereocenters. The van der Waals surface area contributed by atoms with E-state index in [4.69, 9.17) is 5.11 Å². The Kier molecular flexibility index (Phi) is 6.12. The van der Waals surface area contributed by atoms with Crippen molar-refractivity contribution in [3.05, 3.63) is 24.0 Å². The van der Waals surface area contributed by atoms with Gasteiger partial charge in [0, 0.05) is 31.6 Å². The van der Waals surface area contributed by atoms with Crippen molar-refractivity contribution in [2.45, 2.75) is 36.6 Å². The van der Waals surface area contributed by atoms with E-state index in [9.17, 15) is 13.4 Å². The van der Waals surface area contributed by atoms with Crippen LogP contribution >= 0.6 is 0 Å². The first kappa shape index (κ1) is 17.9. The van der Waals surface area contributed by atoms with Crippen LogP contribution in [0.4, 0.5) is 14.9 Å². The van der Waals surface area contributed by atoms with Crippen molar-refractivity contribution in [2.24, 2.45) is 5.92 Å². The molecule has 0 radical (unpaired) electrons. The van der Waals surface area contributed by atoms with Gasteiger partial charge < -0.3 is 15.3 Å². The number of aliphatic hydroxyl groups excluding tert-OH is 1. The highest BCUT2D eigenvalue weighted by molar-refractivity contribution is 7.84. The molecule has 5 nitrogen and oxygen atoms in total. The molecule has 1 atom stereocenters. The zero-order valence-corrected chi connectivity index (χ0v) is 14.2. The van der Waals surface area contributed by atoms with Crippen molar-refractivity contribution in [1.82, 2.24) is 4.90 Å². The monoisotopic (exact) mass is 342 g/mol. The van der Waals surface area contributed by atoms with Crippen LogP contribution in [0, 0.1) is 11.7 Å². The highest BCUT2D eigenvalue weighted by Crippen LogP contribution is 2.27. The summed E-state index contributed by atoms with van der Waals surface area (Å²) in [6, 6.07) is 4.00. The van der Waals surface area contributed by atoms with Crippen molar-refractivity contribution in [3.63, 3.8) is 0 Å². The fraction of sp³-hybridized carbons (Fsp3) is 0.562. The summed E-state index contributed by atoms with van der Waals surface area (Å²) >= 11 is 0. The second-order valence-electron chi connectivity index (χ2n) is 6.00. The Morgan fingerprint density at radius 2 is 2.04 bits per heavy atom. The fourth-order valence-electron chi connectivity index (χ4n) is 2.90. The Balaban J connectivity index is 1.96. The minimum Gasteiger partial charge on any atom is -0.396 e. The zero-order valence-electron chi connectivity index (χ0n) is 13.4. The fourth-order valence-corrected chi connectivity index (χ4v) is 3.50. The molecule has 2 amide bonds. The number of aliphatic hydroxyl groups is 1. The number of urea groups is 1. The summed E-state index contributed by atoms with van der Waals surface area (Å²) in [5, 5.41) is 11.8. The standard InChI is InChI=1S/C16H23FN2O3S/c1-19(13-6-3-11(10-20)4-7-13)16(21)18-12-5-8-15(23(2)22)14(17)9-12/h5,8-9,11,13,20H,3-4,6-7,10H2,1-2H3,(H,18,21). The normalized spacial score (nSPS) is 22.4. The number of carbonyl (C=O) groups is 1. The lowest BCUT2D eigenvalue weighted by atomic mass is 9.86. The van der Waals surface area contributed by atoms with E-state index in [1.54, 1.807) is 18.0 Å². The number of hydrogen-bond donors (Lipinski definition) is 2. The summed E-state index contributed by atoms with van der Waals surface area (Å²) < 4.78 is 25.1. The summed E-state index contributed by atoms with van der Waals surface area (Å²) in [5.74, 6) is -0.256. The minimum atomic E-state index is -1.40. The van der Waals surface area contributed by atoms with Gasteiger partial charge in [-0.25, -0.2) is 9.18 Å². The molecule has 0 bridgehead atoms. The van der Waals surface area contributed by atoms with Gasteiger partial charge in [-0.3, -0.25) is 4.21 Å². The number of nitrogens with zero attached hydrogens (tertiary/aromatic N) is 1. The lowest BCUT2D eigenvalue weighted by Gasteiger charge is -2.34. The molecule has 128 valence electrons. The van der Waals surface area contributed by atoms with Crippen LogP contribution in [0.15, 0.2) is 23.1 Å². The van der Waals surface area contributed by atoms with Gasteiger partial charge in [-0.1, -0.05) is 0 Å². The van der Waals surface area contributed by atoms with Crippen LogP contribution < -0.4 is 5.32 Å². The van der Waals surface area contributed by atoms with Gasteiger partial charge >= 0.3 is 6.03 Å². The minimum absolute atomic E-state index is 0.124. The Morgan fingerprint density at radius 1 is 1.39 bits per heavy atom. The van der Waals surface area contributed by atoms with E-state index in [-0.39, 0.29) is 23.6 Å². The third-order valence-electron chi connectivity index (χ3n) is 4.44. The summed E-state index contributed by atoms with van der Waals surface area (Å²) in [6.45, 7) is 0.201. The second-order valence-corrected chi connectivity index (χ2v) is 7.35. The Morgan fingerprint density at radius 3 is 2.57 bits per heavy atom. The van der Waals surface area contributed by atoms with Crippen LogP contribution in [0.25, 0.3) is 0 Å². The lowest BCUT2D eigenvalue weighted by molar-refractivity contribution is 0.139. The molecule has 2 N–H and O–H groups in total. The highest BCUT2D eigenvalue weighted by Gasteiger charge is 2.26. The van der Waals surface area contributed by atoms with Crippen molar-refractivity contribution in [3.8, 4) is 0 Å². The molecule has 1 aromatic rings. The van der Waals surface area contributed by atoms with E-state index in [0.717, 1.165) is 25.7 Å². The molecule has 2 rings (SSSR count). The average molecular weight is 342 g/mol. The van der Waals surface area contributed by atoms with Gasteiger partial charge in [0.15, 0.2) is 0 Å². The van der Waals surface area contributed by atoms with Gasteiger partial charge in [0.25, 0.3) is 0 Å². The van der Waals surface area contributed by atoms with E-state index >= 15 is 0 Å². The molecule has 0 saturated heterocycles. The number of amides is 2. The van der Waals surface area contributed by atoms with E-state index in [0.29, 0.717) is 11.6 Å². The molecular weight excluding hydrogens is 319 g/mol. The van der Waals surface area contributed by atoms with Crippen LogP contribution in [0.5, 0.6) is 0 Å². The predicted molar refractivity (Wildman–Crippen MR) is 88.3 cm³/mol. The van der Waals surface area contributed by atoms with E-state index in [2.05, 4.69) is 5.32 Å². The maximum absolute atomic E-state index is 13.8. The lowest BCUT2D eigenvalue weighted by Crippen LogP contribution is -2.42. The van der Waals surface area contributed by atoms with E-state index in [1.165, 1.54) is 18.4 Å². The number of benzene rings is 1. The number of anilines is 1. The number of rotatable bonds is 4. The van der Waals surface area contributed by atoms with Crippen molar-refractivity contribution in [2.75, 3.05) is 25.2 Å². The topological polar surface area (TPSA) is 69.6 Å². The van der Waals surface area contributed by atoms with Gasteiger partial charge in [0.1, 0.15) is 5.82 Å². The summed E-state index contributed by atoms with van der Waals surface area (Å²) in [7, 11) is 0.330. The molecule has 1 aromatic carbocycles. The van der Waals surface area contributed by atoms with Crippen LogP contribution in [0.1, 0.15) is 25.7 Å². The van der Waals surface area contributed by atoms with Gasteiger partial charge in [0.2, 0.25) is 0 Å². The van der Waals surface area contributed by atoms with E-state index < -0.39 is 16.6 Å². The largest absolute Gasteiger partial charge is 0.396 e. The first-order valence-corrected chi connectivity index (χ1v) is 9.25. The first-order chi connectivity index (χ1) is 10.9. The quantitative estimate of drug-likeness (QED) is 0.883. The molecule has 23 heavy (non-hydrogen) atoms. The molecule has 1 aliphatic rings. The van der Waals surface area contributed by atoms with Gasteiger partial charge in [-0.15, -0.1) is 0 Å². The molecule has 1 saturated carbocycles. The SMILES string of the molecule is CN(C(=O)Nc1ccc(S(C)=O)c(F)c1)C1CCC(CO)CC1. The number of halogens is 1. The number of nitrogens with one attached hydrogen (secondary N) is 1. The van der Waals surface area contributed by atoms with Crippen LogP contribution in [-0.2, 0) is 10.8 Å². The summed E-state index contributed by atoms with van der Waals surface area (Å²) in [4.78, 5) is 14.0. The second kappa shape index (κ2) is 7.88. The summed E-state index contributed by atoms with van der Waals surface area (Å²) in [5.41, 5.74) is 0.345. The van der Waals surface area contributed by atoms with Crippen LogP contribution in [0.3, 0.4) is 0 Å². The van der Waals surface area contributed by atoms with Crippen molar-refractivity contribution in [1.29, 1.82) is 0 Å². The average Bonchev–Trinajstić information content (AvgIpc) is 2.54. The van der Waals surface area contributed by atoms with Gasteiger partial charge in [0.05, 0.1) is 15.7 Å². The molecule has 1 fully saturated rings. The van der Waals surface area contributed by atoms with Gasteiger partial charge in [-0.05, 0) is 49.8 Å². The predicted octanol–water partition coefficient (Wildman–Crippen LogP) is 2.58. The summed E-state index contributed by atoms with van der Waals surface area (Å²) in [6.07, 6.45) is 4.94. The smallest absolute Gasteiger partial charge is 0.321 e. The Labute approximate surface area is 138 Å². The van der Waals surface area contributed by atoms with Crippen molar-refractivity contribution < 1.29 is 18.5 Å². The van der Waals surface area contributed by atoms with Crippen LogP contribution in [-0.4, -0.2) is 46.2 Å². The first-order valence-electron chi connectivity index (χ1n) is 7.70. The zero-order chi connectivity index (χ0) is 17.0. The molecule has 0 heterocycles. The third-order valence-corrected chi connectivity index (χ3v) is 5.39. The third kappa shape index (κ3) is 4.51. The van der Waals surface area contributed by atoms with E-state index in [1.807, 2.05) is 0 Å². The number of carbonyl (C=O) groups excluding carboxylic acids is 1.